The fourth-order valence-electron chi connectivity index (χ4n) is 2.86. The highest BCUT2D eigenvalue weighted by atomic mass is 16.5. The molecule has 0 atom stereocenters. The lowest BCUT2D eigenvalue weighted by molar-refractivity contribution is 0.0601. The lowest BCUT2D eigenvalue weighted by Gasteiger charge is -2.11. The van der Waals surface area contributed by atoms with Gasteiger partial charge < -0.3 is 19.4 Å². The molecule has 0 aliphatic carbocycles. The second-order valence-corrected chi connectivity index (χ2v) is 6.02. The third kappa shape index (κ3) is 3.76. The summed E-state index contributed by atoms with van der Waals surface area (Å²) in [5, 5.41) is 3.26. The van der Waals surface area contributed by atoms with E-state index in [0.717, 1.165) is 16.6 Å². The van der Waals surface area contributed by atoms with E-state index < -0.39 is 5.97 Å². The van der Waals surface area contributed by atoms with Gasteiger partial charge in [0.15, 0.2) is 5.69 Å². The van der Waals surface area contributed by atoms with Crippen molar-refractivity contribution in [2.24, 2.45) is 0 Å². The molecule has 0 radical (unpaired) electrons. The topological polar surface area (TPSA) is 69.7 Å². The smallest absolute Gasteiger partial charge is 0.337 e. The van der Waals surface area contributed by atoms with Crippen LogP contribution >= 0.6 is 0 Å². The van der Waals surface area contributed by atoms with Crippen molar-refractivity contribution < 1.29 is 14.3 Å². The van der Waals surface area contributed by atoms with E-state index in [1.807, 2.05) is 29.7 Å². The average Bonchev–Trinajstić information content (AvgIpc) is 3.00. The molecule has 3 rings (SSSR count). The van der Waals surface area contributed by atoms with Gasteiger partial charge in [0.2, 0.25) is 5.95 Å². The normalized spacial score (nSPS) is 10.6. The highest BCUT2D eigenvalue weighted by Gasteiger charge is 2.14. The summed E-state index contributed by atoms with van der Waals surface area (Å²) < 4.78 is 12.0. The van der Waals surface area contributed by atoms with Crippen molar-refractivity contribution in [3.63, 3.8) is 0 Å². The SMILES string of the molecule is [C-]#[N+]c1cc2c(cc1C)nc(Nc1cccc(C(=O)OC)c1)n2CCOC. The third-order valence-electron chi connectivity index (χ3n) is 4.25. The number of benzene rings is 2. The van der Waals surface area contributed by atoms with E-state index >= 15 is 0 Å². The molecule has 0 saturated heterocycles. The second kappa shape index (κ2) is 7.89. The zero-order valence-electron chi connectivity index (χ0n) is 15.4. The van der Waals surface area contributed by atoms with Gasteiger partial charge in [0, 0.05) is 19.3 Å². The van der Waals surface area contributed by atoms with Crippen LogP contribution in [-0.4, -0.2) is 36.3 Å². The highest BCUT2D eigenvalue weighted by molar-refractivity contribution is 5.91. The van der Waals surface area contributed by atoms with Crippen molar-refractivity contribution in [2.75, 3.05) is 26.1 Å². The number of methoxy groups -OCH3 is 2. The molecule has 27 heavy (non-hydrogen) atoms. The Morgan fingerprint density at radius 1 is 1.30 bits per heavy atom. The molecule has 7 nitrogen and oxygen atoms in total. The van der Waals surface area contributed by atoms with Crippen molar-refractivity contribution in [1.29, 1.82) is 0 Å². The van der Waals surface area contributed by atoms with Crippen LogP contribution in [0.2, 0.25) is 0 Å². The maximum Gasteiger partial charge on any atom is 0.337 e. The average molecular weight is 364 g/mol. The molecule has 0 aliphatic rings. The van der Waals surface area contributed by atoms with Crippen LogP contribution in [0.3, 0.4) is 0 Å². The van der Waals surface area contributed by atoms with Crippen LogP contribution in [0, 0.1) is 13.5 Å². The lowest BCUT2D eigenvalue weighted by Crippen LogP contribution is -2.08. The third-order valence-corrected chi connectivity index (χ3v) is 4.25. The Balaban J connectivity index is 2.05. The van der Waals surface area contributed by atoms with Crippen LogP contribution < -0.4 is 5.32 Å². The number of carbonyl (C=O) groups excluding carboxylic acids is 1. The zero-order chi connectivity index (χ0) is 19.4. The van der Waals surface area contributed by atoms with Gasteiger partial charge in [-0.15, -0.1) is 0 Å². The number of aryl methyl sites for hydroxylation is 1. The largest absolute Gasteiger partial charge is 0.465 e. The van der Waals surface area contributed by atoms with Crippen LogP contribution in [0.1, 0.15) is 15.9 Å². The number of aromatic nitrogens is 2. The Morgan fingerprint density at radius 2 is 2.11 bits per heavy atom. The number of rotatable bonds is 6. The number of imidazole rings is 1. The Labute approximate surface area is 157 Å². The van der Waals surface area contributed by atoms with E-state index in [1.165, 1.54) is 7.11 Å². The molecule has 7 heteroatoms. The maximum absolute atomic E-state index is 11.8. The highest BCUT2D eigenvalue weighted by Crippen LogP contribution is 2.29. The summed E-state index contributed by atoms with van der Waals surface area (Å²) in [5.74, 6) is 0.217. The molecule has 0 unspecified atom stereocenters. The van der Waals surface area contributed by atoms with Gasteiger partial charge in [-0.1, -0.05) is 6.07 Å². The molecule has 0 fully saturated rings. The Morgan fingerprint density at radius 3 is 2.81 bits per heavy atom. The summed E-state index contributed by atoms with van der Waals surface area (Å²) >= 11 is 0. The first-order valence-corrected chi connectivity index (χ1v) is 8.40. The van der Waals surface area contributed by atoms with Crippen molar-refractivity contribution >= 4 is 34.3 Å². The second-order valence-electron chi connectivity index (χ2n) is 6.02. The van der Waals surface area contributed by atoms with E-state index in [-0.39, 0.29) is 0 Å². The summed E-state index contributed by atoms with van der Waals surface area (Å²) in [4.78, 5) is 20.0. The van der Waals surface area contributed by atoms with Crippen molar-refractivity contribution in [2.45, 2.75) is 13.5 Å². The predicted molar refractivity (Wildman–Crippen MR) is 104 cm³/mol. The van der Waals surface area contributed by atoms with E-state index in [0.29, 0.717) is 36.0 Å². The molecule has 0 aliphatic heterocycles. The molecule has 1 aromatic heterocycles. The van der Waals surface area contributed by atoms with Crippen molar-refractivity contribution in [1.82, 2.24) is 9.55 Å². The van der Waals surface area contributed by atoms with Gasteiger partial charge >= 0.3 is 5.97 Å². The first kappa shape index (κ1) is 18.4. The maximum atomic E-state index is 11.8. The van der Waals surface area contributed by atoms with Crippen LogP contribution in [0.15, 0.2) is 36.4 Å². The van der Waals surface area contributed by atoms with E-state index in [2.05, 4.69) is 15.1 Å². The van der Waals surface area contributed by atoms with Crippen LogP contribution in [0.4, 0.5) is 17.3 Å². The fraction of sp³-hybridized carbons (Fsp3) is 0.250. The molecular weight excluding hydrogens is 344 g/mol. The Bertz CT molecular complexity index is 1030. The lowest BCUT2D eigenvalue weighted by atomic mass is 10.2. The Kier molecular flexibility index (Phi) is 5.38. The molecule has 138 valence electrons. The number of hydrogen-bond donors (Lipinski definition) is 1. The molecule has 0 saturated carbocycles. The molecule has 0 amide bonds. The first-order chi connectivity index (χ1) is 13.1. The van der Waals surface area contributed by atoms with Crippen molar-refractivity contribution in [3.05, 3.63) is 58.9 Å². The molecule has 2 aromatic carbocycles. The fourth-order valence-corrected chi connectivity index (χ4v) is 2.86. The van der Waals surface area contributed by atoms with Gasteiger partial charge in [0.25, 0.3) is 0 Å². The van der Waals surface area contributed by atoms with Gasteiger partial charge in [-0.3, -0.25) is 0 Å². The minimum absolute atomic E-state index is 0.399. The summed E-state index contributed by atoms with van der Waals surface area (Å²) in [5.41, 5.74) is 4.30. The van der Waals surface area contributed by atoms with Gasteiger partial charge in [0.1, 0.15) is 0 Å². The molecule has 1 N–H and O–H groups in total. The minimum Gasteiger partial charge on any atom is -0.465 e. The van der Waals surface area contributed by atoms with E-state index in [4.69, 9.17) is 16.0 Å². The molecule has 0 bridgehead atoms. The zero-order valence-corrected chi connectivity index (χ0v) is 15.4. The molecular formula is C20H20N4O3. The summed E-state index contributed by atoms with van der Waals surface area (Å²) in [7, 11) is 2.99. The summed E-state index contributed by atoms with van der Waals surface area (Å²) in [6, 6.07) is 10.8. The molecule has 3 aromatic rings. The molecule has 0 spiro atoms. The number of carbonyl (C=O) groups is 1. The standard InChI is InChI=1S/C20H20N4O3/c1-13-10-17-18(12-16(13)21-2)24(8-9-26-3)20(23-17)22-15-7-5-6-14(11-15)19(25)27-4/h5-7,10-12H,8-9H2,1,3-4H3,(H,22,23). The number of ether oxygens (including phenoxy) is 2. The number of nitrogens with one attached hydrogen (secondary N) is 1. The predicted octanol–water partition coefficient (Wildman–Crippen LogP) is 4.07. The van der Waals surface area contributed by atoms with Crippen LogP contribution in [-0.2, 0) is 16.0 Å². The van der Waals surface area contributed by atoms with Gasteiger partial charge in [-0.25, -0.2) is 14.6 Å². The first-order valence-electron chi connectivity index (χ1n) is 8.40. The number of anilines is 2. The number of hydrogen-bond acceptors (Lipinski definition) is 5. The number of nitrogens with zero attached hydrogens (tertiary/aromatic N) is 3. The molecule has 1 heterocycles. The number of fused-ring (bicyclic) bond motifs is 1. The van der Waals surface area contributed by atoms with Crippen molar-refractivity contribution in [3.8, 4) is 0 Å². The quantitative estimate of drug-likeness (QED) is 0.527. The monoisotopic (exact) mass is 364 g/mol. The van der Waals surface area contributed by atoms with Crippen LogP contribution in [0.5, 0.6) is 0 Å². The number of esters is 1. The summed E-state index contributed by atoms with van der Waals surface area (Å²) in [6.45, 7) is 10.3. The summed E-state index contributed by atoms with van der Waals surface area (Å²) in [6.07, 6.45) is 0. The van der Waals surface area contributed by atoms with Gasteiger partial charge in [-0.05, 0) is 42.8 Å². The van der Waals surface area contributed by atoms with E-state index in [1.54, 1.807) is 25.3 Å². The van der Waals surface area contributed by atoms with Gasteiger partial charge in [-0.2, -0.15) is 0 Å². The minimum atomic E-state index is -0.399. The van der Waals surface area contributed by atoms with E-state index in [9.17, 15) is 4.79 Å². The Hall–Kier alpha value is -3.37. The van der Waals surface area contributed by atoms with Crippen LogP contribution in [0.25, 0.3) is 15.9 Å². The van der Waals surface area contributed by atoms with Gasteiger partial charge in [0.05, 0.1) is 36.9 Å².